The summed E-state index contributed by atoms with van der Waals surface area (Å²) in [5.74, 6) is 0.325. The van der Waals surface area contributed by atoms with Crippen LogP contribution in [0.2, 0.25) is 5.02 Å². The number of nitrogens with zero attached hydrogens (tertiary/aromatic N) is 4. The van der Waals surface area contributed by atoms with Gasteiger partial charge in [0.2, 0.25) is 5.78 Å². The summed E-state index contributed by atoms with van der Waals surface area (Å²) in [4.78, 5) is 20.1. The summed E-state index contributed by atoms with van der Waals surface area (Å²) in [6.07, 6.45) is 4.39. The van der Waals surface area contributed by atoms with Gasteiger partial charge in [-0.1, -0.05) is 35.9 Å². The van der Waals surface area contributed by atoms with E-state index in [1.807, 2.05) is 34.9 Å². The zero-order chi connectivity index (χ0) is 20.7. The third-order valence-corrected chi connectivity index (χ3v) is 5.84. The molecule has 2 aromatic heterocycles. The van der Waals surface area contributed by atoms with E-state index in [2.05, 4.69) is 9.88 Å². The standard InChI is InChI=1S/C23H20ClFN4O/c24-18-3-1-2-17(12-18)13-27-10-8-21-20(15-27)22(30)29(23-26-9-11-28(21)23)14-16-4-6-19(25)7-5-16/h1-7,9,11-12H,8,10,13-15H2. The van der Waals surface area contributed by atoms with Crippen LogP contribution in [0, 0.1) is 5.82 Å². The average molecular weight is 423 g/mol. The molecule has 1 aliphatic rings. The van der Waals surface area contributed by atoms with Crippen molar-refractivity contribution in [1.82, 2.24) is 18.9 Å². The van der Waals surface area contributed by atoms with Gasteiger partial charge in [-0.25, -0.2) is 9.37 Å². The molecule has 0 unspecified atom stereocenters. The van der Waals surface area contributed by atoms with E-state index in [0.717, 1.165) is 41.9 Å². The van der Waals surface area contributed by atoms with E-state index >= 15 is 0 Å². The quantitative estimate of drug-likeness (QED) is 0.501. The van der Waals surface area contributed by atoms with Crippen molar-refractivity contribution in [3.05, 3.63) is 105 Å². The van der Waals surface area contributed by atoms with Crippen LogP contribution in [-0.2, 0) is 26.1 Å². The lowest BCUT2D eigenvalue weighted by Gasteiger charge is -2.29. The number of benzene rings is 2. The lowest BCUT2D eigenvalue weighted by molar-refractivity contribution is 0.240. The first-order chi connectivity index (χ1) is 14.6. The molecule has 152 valence electrons. The van der Waals surface area contributed by atoms with Crippen LogP contribution in [-0.4, -0.2) is 25.4 Å². The van der Waals surface area contributed by atoms with Gasteiger partial charge in [0.05, 0.1) is 12.1 Å². The lowest BCUT2D eigenvalue weighted by Crippen LogP contribution is -2.38. The third kappa shape index (κ3) is 3.53. The van der Waals surface area contributed by atoms with Crippen LogP contribution in [0.3, 0.4) is 0 Å². The second kappa shape index (κ2) is 7.70. The smallest absolute Gasteiger partial charge is 0.259 e. The van der Waals surface area contributed by atoms with Gasteiger partial charge >= 0.3 is 0 Å². The average Bonchev–Trinajstić information content (AvgIpc) is 3.22. The minimum Gasteiger partial charge on any atom is -0.294 e. The van der Waals surface area contributed by atoms with E-state index in [0.29, 0.717) is 23.9 Å². The summed E-state index contributed by atoms with van der Waals surface area (Å²) in [5.41, 5.74) is 3.75. The second-order valence-electron chi connectivity index (χ2n) is 7.63. The van der Waals surface area contributed by atoms with Crippen LogP contribution in [0.15, 0.2) is 65.7 Å². The van der Waals surface area contributed by atoms with E-state index < -0.39 is 0 Å². The monoisotopic (exact) mass is 422 g/mol. The number of imidazole rings is 1. The highest BCUT2D eigenvalue weighted by atomic mass is 35.5. The molecule has 0 N–H and O–H groups in total. The molecular weight excluding hydrogens is 403 g/mol. The molecule has 0 bridgehead atoms. The van der Waals surface area contributed by atoms with Crippen molar-refractivity contribution < 1.29 is 4.39 Å². The number of hydrogen-bond acceptors (Lipinski definition) is 3. The van der Waals surface area contributed by atoms with Crippen molar-refractivity contribution in [2.45, 2.75) is 26.1 Å². The van der Waals surface area contributed by atoms with Crippen molar-refractivity contribution in [2.75, 3.05) is 6.54 Å². The fraction of sp³-hybridized carbons (Fsp3) is 0.217. The predicted molar refractivity (Wildman–Crippen MR) is 114 cm³/mol. The zero-order valence-corrected chi connectivity index (χ0v) is 17.0. The van der Waals surface area contributed by atoms with Crippen molar-refractivity contribution in [3.63, 3.8) is 0 Å². The van der Waals surface area contributed by atoms with Gasteiger partial charge in [0.15, 0.2) is 0 Å². The van der Waals surface area contributed by atoms with Crippen LogP contribution in [0.4, 0.5) is 4.39 Å². The molecule has 0 saturated carbocycles. The number of aromatic nitrogens is 3. The molecule has 2 aromatic carbocycles. The molecule has 5 rings (SSSR count). The van der Waals surface area contributed by atoms with Gasteiger partial charge in [0, 0.05) is 49.2 Å². The topological polar surface area (TPSA) is 42.5 Å². The lowest BCUT2D eigenvalue weighted by atomic mass is 10.1. The summed E-state index contributed by atoms with van der Waals surface area (Å²) in [7, 11) is 0. The van der Waals surface area contributed by atoms with Crippen molar-refractivity contribution in [1.29, 1.82) is 0 Å². The van der Waals surface area contributed by atoms with E-state index in [1.54, 1.807) is 22.9 Å². The molecule has 4 aromatic rings. The predicted octanol–water partition coefficient (Wildman–Crippen LogP) is 3.90. The van der Waals surface area contributed by atoms with E-state index in [4.69, 9.17) is 11.6 Å². The highest BCUT2D eigenvalue weighted by Crippen LogP contribution is 2.21. The largest absolute Gasteiger partial charge is 0.294 e. The molecule has 0 fully saturated rings. The molecule has 30 heavy (non-hydrogen) atoms. The van der Waals surface area contributed by atoms with Gasteiger partial charge < -0.3 is 0 Å². The van der Waals surface area contributed by atoms with Gasteiger partial charge in [0.25, 0.3) is 5.56 Å². The molecule has 0 saturated heterocycles. The van der Waals surface area contributed by atoms with Crippen molar-refractivity contribution in [3.8, 4) is 0 Å². The Morgan fingerprint density at radius 1 is 1.07 bits per heavy atom. The third-order valence-electron chi connectivity index (χ3n) is 5.60. The van der Waals surface area contributed by atoms with Gasteiger partial charge in [-0.3, -0.25) is 18.7 Å². The highest BCUT2D eigenvalue weighted by molar-refractivity contribution is 6.30. The molecule has 0 radical (unpaired) electrons. The van der Waals surface area contributed by atoms with Gasteiger partial charge in [0.1, 0.15) is 5.82 Å². The van der Waals surface area contributed by atoms with Crippen LogP contribution in [0.5, 0.6) is 0 Å². The maximum absolute atomic E-state index is 13.4. The summed E-state index contributed by atoms with van der Waals surface area (Å²) in [6.45, 7) is 2.51. The Kier molecular flexibility index (Phi) is 4.89. The maximum Gasteiger partial charge on any atom is 0.259 e. The number of fused-ring (bicyclic) bond motifs is 3. The van der Waals surface area contributed by atoms with Gasteiger partial charge in [-0.15, -0.1) is 0 Å². The van der Waals surface area contributed by atoms with Crippen LogP contribution in [0.25, 0.3) is 5.78 Å². The molecule has 5 nitrogen and oxygen atoms in total. The number of hydrogen-bond donors (Lipinski definition) is 0. The fourth-order valence-corrected chi connectivity index (χ4v) is 4.38. The molecule has 0 spiro atoms. The summed E-state index contributed by atoms with van der Waals surface area (Å²) in [5, 5.41) is 0.715. The van der Waals surface area contributed by atoms with Crippen molar-refractivity contribution in [2.24, 2.45) is 0 Å². The van der Waals surface area contributed by atoms with E-state index in [-0.39, 0.29) is 11.4 Å². The first kappa shape index (κ1) is 19.0. The first-order valence-corrected chi connectivity index (χ1v) is 10.2. The van der Waals surface area contributed by atoms with E-state index in [1.165, 1.54) is 12.1 Å². The maximum atomic E-state index is 13.4. The van der Waals surface area contributed by atoms with Crippen LogP contribution >= 0.6 is 11.6 Å². The normalized spacial score (nSPS) is 14.2. The summed E-state index contributed by atoms with van der Waals surface area (Å²) >= 11 is 6.12. The molecule has 1 aliphatic heterocycles. The highest BCUT2D eigenvalue weighted by Gasteiger charge is 2.24. The van der Waals surface area contributed by atoms with E-state index in [9.17, 15) is 9.18 Å². The Morgan fingerprint density at radius 3 is 2.70 bits per heavy atom. The minimum absolute atomic E-state index is 0.0381. The Bertz CT molecular complexity index is 1280. The fourth-order valence-electron chi connectivity index (χ4n) is 4.17. The molecule has 7 heteroatoms. The van der Waals surface area contributed by atoms with Gasteiger partial charge in [-0.05, 0) is 35.4 Å². The Balaban J connectivity index is 1.51. The molecule has 0 aliphatic carbocycles. The Hall–Kier alpha value is -2.96. The summed E-state index contributed by atoms with van der Waals surface area (Å²) in [6, 6.07) is 14.0. The molecule has 3 heterocycles. The zero-order valence-electron chi connectivity index (χ0n) is 16.3. The Morgan fingerprint density at radius 2 is 1.90 bits per heavy atom. The van der Waals surface area contributed by atoms with Gasteiger partial charge in [-0.2, -0.15) is 0 Å². The minimum atomic E-state index is -0.292. The summed E-state index contributed by atoms with van der Waals surface area (Å²) < 4.78 is 17.0. The number of halogens is 2. The first-order valence-electron chi connectivity index (χ1n) is 9.87. The second-order valence-corrected chi connectivity index (χ2v) is 8.07. The van der Waals surface area contributed by atoms with Crippen LogP contribution in [0.1, 0.15) is 22.4 Å². The molecule has 0 atom stereocenters. The number of rotatable bonds is 4. The van der Waals surface area contributed by atoms with Crippen LogP contribution < -0.4 is 5.56 Å². The Labute approximate surface area is 178 Å². The molecular formula is C23H20ClFN4O. The molecule has 0 amide bonds. The van der Waals surface area contributed by atoms with Crippen molar-refractivity contribution >= 4 is 17.4 Å². The SMILES string of the molecule is O=c1c2c(n3ccnc3n1Cc1ccc(F)cc1)CCN(Cc1cccc(Cl)c1)C2.